The first-order chi connectivity index (χ1) is 9.92. The van der Waals surface area contributed by atoms with Crippen LogP contribution in [0.4, 0.5) is 0 Å². The number of phenolic OH excluding ortho intramolecular Hbond substituents is 1. The van der Waals surface area contributed by atoms with Gasteiger partial charge in [-0.2, -0.15) is 0 Å². The summed E-state index contributed by atoms with van der Waals surface area (Å²) in [6.45, 7) is 4.15. The molecule has 114 valence electrons. The summed E-state index contributed by atoms with van der Waals surface area (Å²) >= 11 is 0. The topological polar surface area (TPSA) is 77.8 Å². The molecule has 5 heteroatoms. The zero-order valence-corrected chi connectivity index (χ0v) is 12.4. The Kier molecular flexibility index (Phi) is 4.21. The van der Waals surface area contributed by atoms with Gasteiger partial charge in [0, 0.05) is 6.54 Å². The number of hydrogen-bond acceptors (Lipinski definition) is 3. The van der Waals surface area contributed by atoms with E-state index in [9.17, 15) is 19.8 Å². The Morgan fingerprint density at radius 2 is 2.10 bits per heavy atom. The van der Waals surface area contributed by atoms with E-state index in [-0.39, 0.29) is 11.3 Å². The monoisotopic (exact) mass is 291 g/mol. The molecule has 1 amide bonds. The maximum absolute atomic E-state index is 12.7. The number of aliphatic carboxylic acids is 1. The lowest BCUT2D eigenvalue weighted by Gasteiger charge is -2.34. The van der Waals surface area contributed by atoms with Gasteiger partial charge < -0.3 is 15.1 Å². The molecule has 1 aliphatic rings. The zero-order chi connectivity index (χ0) is 15.6. The number of phenols is 1. The van der Waals surface area contributed by atoms with Crippen molar-refractivity contribution in [3.05, 3.63) is 29.3 Å². The lowest BCUT2D eigenvalue weighted by Crippen LogP contribution is -2.53. The number of carboxylic acid groups (broad SMARTS) is 1. The van der Waals surface area contributed by atoms with Gasteiger partial charge in [0.25, 0.3) is 5.91 Å². The van der Waals surface area contributed by atoms with Crippen molar-refractivity contribution in [2.75, 3.05) is 6.54 Å². The number of nitrogens with zero attached hydrogens (tertiary/aromatic N) is 1. The predicted molar refractivity (Wildman–Crippen MR) is 78.4 cm³/mol. The van der Waals surface area contributed by atoms with Gasteiger partial charge >= 0.3 is 5.97 Å². The van der Waals surface area contributed by atoms with Crippen molar-refractivity contribution in [1.29, 1.82) is 0 Å². The van der Waals surface area contributed by atoms with Crippen molar-refractivity contribution >= 4 is 11.9 Å². The third-order valence-corrected chi connectivity index (χ3v) is 4.18. The number of carboxylic acids is 1. The molecule has 0 spiro atoms. The second kappa shape index (κ2) is 5.76. The Morgan fingerprint density at radius 1 is 1.38 bits per heavy atom. The normalized spacial score (nSPS) is 21.5. The van der Waals surface area contributed by atoms with Crippen LogP contribution in [-0.2, 0) is 4.79 Å². The molecule has 1 atom stereocenters. The van der Waals surface area contributed by atoms with Crippen LogP contribution in [0.3, 0.4) is 0 Å². The van der Waals surface area contributed by atoms with Gasteiger partial charge in [0.15, 0.2) is 0 Å². The van der Waals surface area contributed by atoms with Crippen LogP contribution in [0, 0.1) is 6.92 Å². The summed E-state index contributed by atoms with van der Waals surface area (Å²) in [6.07, 6.45) is 2.26. The molecule has 2 N–H and O–H groups in total. The van der Waals surface area contributed by atoms with E-state index in [1.165, 1.54) is 11.0 Å². The molecule has 21 heavy (non-hydrogen) atoms. The van der Waals surface area contributed by atoms with E-state index in [0.29, 0.717) is 32.2 Å². The van der Waals surface area contributed by atoms with Gasteiger partial charge in [-0.25, -0.2) is 4.79 Å². The lowest BCUT2D eigenvalue weighted by atomic mass is 9.90. The SMILES string of the molecule is CCCC1(C(=O)O)CCCN1C(=O)c1ccc(C)cc1O. The molecule has 1 heterocycles. The summed E-state index contributed by atoms with van der Waals surface area (Å²) in [5, 5.41) is 19.6. The van der Waals surface area contributed by atoms with Gasteiger partial charge in [-0.1, -0.05) is 19.4 Å². The van der Waals surface area contributed by atoms with Crippen LogP contribution in [0.5, 0.6) is 5.75 Å². The molecule has 0 saturated carbocycles. The summed E-state index contributed by atoms with van der Waals surface area (Å²) in [7, 11) is 0. The van der Waals surface area contributed by atoms with E-state index in [4.69, 9.17) is 0 Å². The smallest absolute Gasteiger partial charge is 0.329 e. The second-order valence-electron chi connectivity index (χ2n) is 5.67. The Balaban J connectivity index is 2.39. The lowest BCUT2D eigenvalue weighted by molar-refractivity contribution is -0.148. The Morgan fingerprint density at radius 3 is 2.67 bits per heavy atom. The maximum atomic E-state index is 12.7. The first-order valence-electron chi connectivity index (χ1n) is 7.27. The van der Waals surface area contributed by atoms with Crippen molar-refractivity contribution < 1.29 is 19.8 Å². The van der Waals surface area contributed by atoms with Crippen molar-refractivity contribution in [2.45, 2.75) is 45.1 Å². The molecule has 5 nitrogen and oxygen atoms in total. The fourth-order valence-electron chi connectivity index (χ4n) is 3.15. The molecule has 1 saturated heterocycles. The first kappa shape index (κ1) is 15.4. The highest BCUT2D eigenvalue weighted by Crippen LogP contribution is 2.36. The molecule has 0 aliphatic carbocycles. The van der Waals surface area contributed by atoms with E-state index in [2.05, 4.69) is 0 Å². The second-order valence-corrected chi connectivity index (χ2v) is 5.67. The van der Waals surface area contributed by atoms with Crippen LogP contribution in [0.2, 0.25) is 0 Å². The summed E-state index contributed by atoms with van der Waals surface area (Å²) < 4.78 is 0. The number of amides is 1. The number of likely N-dealkylation sites (tertiary alicyclic amines) is 1. The van der Waals surface area contributed by atoms with Crippen LogP contribution in [0.15, 0.2) is 18.2 Å². The van der Waals surface area contributed by atoms with Gasteiger partial charge in [-0.05, 0) is 43.9 Å². The molecule has 0 aromatic heterocycles. The van der Waals surface area contributed by atoms with Crippen molar-refractivity contribution in [2.24, 2.45) is 0 Å². The molecule has 1 unspecified atom stereocenters. The van der Waals surface area contributed by atoms with E-state index in [1.807, 2.05) is 13.8 Å². The highest BCUT2D eigenvalue weighted by molar-refractivity contribution is 6.00. The molecule has 2 rings (SSSR count). The summed E-state index contributed by atoms with van der Waals surface area (Å²) in [5.41, 5.74) is -0.115. The minimum Gasteiger partial charge on any atom is -0.507 e. The predicted octanol–water partition coefficient (Wildman–Crippen LogP) is 2.56. The fraction of sp³-hybridized carbons (Fsp3) is 0.500. The number of benzene rings is 1. The Labute approximate surface area is 124 Å². The van der Waals surface area contributed by atoms with Crippen molar-refractivity contribution in [1.82, 2.24) is 4.90 Å². The van der Waals surface area contributed by atoms with Gasteiger partial charge in [-0.15, -0.1) is 0 Å². The van der Waals surface area contributed by atoms with Crippen LogP contribution in [-0.4, -0.2) is 39.1 Å². The highest BCUT2D eigenvalue weighted by Gasteiger charge is 2.49. The van der Waals surface area contributed by atoms with E-state index >= 15 is 0 Å². The molecule has 1 fully saturated rings. The van der Waals surface area contributed by atoms with Gasteiger partial charge in [0.2, 0.25) is 0 Å². The van der Waals surface area contributed by atoms with Crippen LogP contribution in [0.25, 0.3) is 0 Å². The molecular formula is C16H21NO4. The average molecular weight is 291 g/mol. The maximum Gasteiger partial charge on any atom is 0.329 e. The third-order valence-electron chi connectivity index (χ3n) is 4.18. The van der Waals surface area contributed by atoms with E-state index < -0.39 is 17.4 Å². The molecule has 1 aromatic carbocycles. The minimum absolute atomic E-state index is 0.0947. The van der Waals surface area contributed by atoms with E-state index in [1.54, 1.807) is 12.1 Å². The van der Waals surface area contributed by atoms with Crippen LogP contribution in [0.1, 0.15) is 48.5 Å². The number of carbonyl (C=O) groups excluding carboxylic acids is 1. The van der Waals surface area contributed by atoms with Crippen molar-refractivity contribution in [3.63, 3.8) is 0 Å². The van der Waals surface area contributed by atoms with Gasteiger partial charge in [0.05, 0.1) is 5.56 Å². The number of hydrogen-bond donors (Lipinski definition) is 2. The Bertz CT molecular complexity index is 569. The molecule has 1 aliphatic heterocycles. The Hall–Kier alpha value is -2.04. The number of aromatic hydroxyl groups is 1. The zero-order valence-electron chi connectivity index (χ0n) is 12.4. The third kappa shape index (κ3) is 2.60. The standard InChI is InChI=1S/C16H21NO4/c1-3-7-16(15(20)21)8-4-9-17(16)14(19)12-6-5-11(2)10-13(12)18/h5-6,10,18H,3-4,7-9H2,1-2H3,(H,20,21). The quantitative estimate of drug-likeness (QED) is 0.893. The molecular weight excluding hydrogens is 270 g/mol. The molecule has 0 radical (unpaired) electrons. The van der Waals surface area contributed by atoms with Gasteiger partial charge in [0.1, 0.15) is 11.3 Å². The largest absolute Gasteiger partial charge is 0.507 e. The number of carbonyl (C=O) groups is 2. The van der Waals surface area contributed by atoms with E-state index in [0.717, 1.165) is 5.56 Å². The minimum atomic E-state index is -1.14. The molecule has 1 aromatic rings. The number of aryl methyl sites for hydroxylation is 1. The molecule has 0 bridgehead atoms. The summed E-state index contributed by atoms with van der Waals surface area (Å²) in [5.74, 6) is -1.45. The number of rotatable bonds is 4. The summed E-state index contributed by atoms with van der Waals surface area (Å²) in [6, 6.07) is 4.82. The summed E-state index contributed by atoms with van der Waals surface area (Å²) in [4.78, 5) is 25.8. The first-order valence-corrected chi connectivity index (χ1v) is 7.27. The van der Waals surface area contributed by atoms with Crippen molar-refractivity contribution in [3.8, 4) is 5.75 Å². The fourth-order valence-corrected chi connectivity index (χ4v) is 3.15. The van der Waals surface area contributed by atoms with Crippen LogP contribution >= 0.6 is 0 Å². The van der Waals surface area contributed by atoms with Gasteiger partial charge in [-0.3, -0.25) is 4.79 Å². The highest BCUT2D eigenvalue weighted by atomic mass is 16.4. The average Bonchev–Trinajstić information content (AvgIpc) is 2.83. The van der Waals surface area contributed by atoms with Crippen LogP contribution < -0.4 is 0 Å².